The standard InChI is InChI=1S/C30H39N/c1-28(2,3)22-12-10-21(11-13-22)26-20-24(30(7,8)9)16-19-27(26)31-25-17-14-23(15-18-25)29(4,5)6/h10-20,31H,1-9H3. The van der Waals surface area contributed by atoms with Crippen LogP contribution in [0.3, 0.4) is 0 Å². The molecule has 31 heavy (non-hydrogen) atoms. The second-order valence-electron chi connectivity index (χ2n) is 11.8. The lowest BCUT2D eigenvalue weighted by molar-refractivity contribution is 0.590. The molecule has 0 saturated carbocycles. The van der Waals surface area contributed by atoms with Gasteiger partial charge in [-0.2, -0.15) is 0 Å². The van der Waals surface area contributed by atoms with Crippen molar-refractivity contribution >= 4 is 11.4 Å². The normalized spacial score (nSPS) is 12.7. The highest BCUT2D eigenvalue weighted by atomic mass is 14.9. The second kappa shape index (κ2) is 8.19. The van der Waals surface area contributed by atoms with Crippen LogP contribution in [0.1, 0.15) is 79.0 Å². The van der Waals surface area contributed by atoms with Gasteiger partial charge in [0.25, 0.3) is 0 Å². The van der Waals surface area contributed by atoms with Gasteiger partial charge in [-0.05, 0) is 62.8 Å². The van der Waals surface area contributed by atoms with Crippen LogP contribution in [0, 0.1) is 0 Å². The fraction of sp³-hybridized carbons (Fsp3) is 0.400. The number of hydrogen-bond donors (Lipinski definition) is 1. The van der Waals surface area contributed by atoms with Crippen molar-refractivity contribution < 1.29 is 0 Å². The van der Waals surface area contributed by atoms with Crippen LogP contribution < -0.4 is 5.32 Å². The van der Waals surface area contributed by atoms with Crippen LogP contribution in [0.5, 0.6) is 0 Å². The third kappa shape index (κ3) is 5.58. The zero-order valence-electron chi connectivity index (χ0n) is 20.9. The zero-order chi connectivity index (χ0) is 23.0. The van der Waals surface area contributed by atoms with Crippen molar-refractivity contribution in [1.29, 1.82) is 0 Å². The Kier molecular flexibility index (Phi) is 6.11. The number of rotatable bonds is 3. The van der Waals surface area contributed by atoms with Gasteiger partial charge < -0.3 is 5.32 Å². The Morgan fingerprint density at radius 2 is 0.903 bits per heavy atom. The van der Waals surface area contributed by atoms with E-state index in [0.717, 1.165) is 11.4 Å². The molecule has 0 unspecified atom stereocenters. The van der Waals surface area contributed by atoms with Crippen molar-refractivity contribution in [2.45, 2.75) is 78.6 Å². The van der Waals surface area contributed by atoms with Crippen molar-refractivity contribution in [1.82, 2.24) is 0 Å². The summed E-state index contributed by atoms with van der Waals surface area (Å²) in [6, 6.07) is 24.7. The Hall–Kier alpha value is -2.54. The van der Waals surface area contributed by atoms with E-state index < -0.39 is 0 Å². The predicted octanol–water partition coefficient (Wildman–Crippen LogP) is 8.99. The summed E-state index contributed by atoms with van der Waals surface area (Å²) < 4.78 is 0. The molecule has 164 valence electrons. The highest BCUT2D eigenvalue weighted by molar-refractivity contribution is 5.82. The van der Waals surface area contributed by atoms with E-state index >= 15 is 0 Å². The molecule has 0 saturated heterocycles. The van der Waals surface area contributed by atoms with E-state index in [1.807, 2.05) is 0 Å². The molecule has 0 spiro atoms. The van der Waals surface area contributed by atoms with Gasteiger partial charge in [-0.1, -0.05) is 105 Å². The van der Waals surface area contributed by atoms with E-state index in [1.165, 1.54) is 27.8 Å². The Bertz CT molecular complexity index is 1020. The van der Waals surface area contributed by atoms with Gasteiger partial charge in [0.2, 0.25) is 0 Å². The smallest absolute Gasteiger partial charge is 0.0464 e. The molecule has 0 aliphatic heterocycles. The second-order valence-corrected chi connectivity index (χ2v) is 11.8. The maximum atomic E-state index is 3.67. The fourth-order valence-electron chi connectivity index (χ4n) is 3.72. The summed E-state index contributed by atoms with van der Waals surface area (Å²) in [5.41, 5.74) is 9.21. The quantitative estimate of drug-likeness (QED) is 0.451. The fourth-order valence-corrected chi connectivity index (χ4v) is 3.72. The summed E-state index contributed by atoms with van der Waals surface area (Å²) in [5, 5.41) is 3.67. The minimum absolute atomic E-state index is 0.104. The maximum Gasteiger partial charge on any atom is 0.0464 e. The lowest BCUT2D eigenvalue weighted by atomic mass is 9.83. The Morgan fingerprint density at radius 1 is 0.484 bits per heavy atom. The molecule has 0 aliphatic rings. The van der Waals surface area contributed by atoms with Crippen LogP contribution in [0.2, 0.25) is 0 Å². The van der Waals surface area contributed by atoms with Gasteiger partial charge in [0, 0.05) is 16.9 Å². The highest BCUT2D eigenvalue weighted by Crippen LogP contribution is 2.36. The summed E-state index contributed by atoms with van der Waals surface area (Å²) in [4.78, 5) is 0. The van der Waals surface area contributed by atoms with E-state index in [1.54, 1.807) is 0 Å². The third-order valence-electron chi connectivity index (χ3n) is 5.98. The van der Waals surface area contributed by atoms with Gasteiger partial charge in [0.05, 0.1) is 0 Å². The van der Waals surface area contributed by atoms with Gasteiger partial charge in [-0.25, -0.2) is 0 Å². The van der Waals surface area contributed by atoms with Crippen LogP contribution in [-0.2, 0) is 16.2 Å². The highest BCUT2D eigenvalue weighted by Gasteiger charge is 2.18. The monoisotopic (exact) mass is 413 g/mol. The summed E-state index contributed by atoms with van der Waals surface area (Å²) in [5.74, 6) is 0. The van der Waals surface area contributed by atoms with Crippen molar-refractivity contribution in [2.75, 3.05) is 5.32 Å². The van der Waals surface area contributed by atoms with E-state index in [9.17, 15) is 0 Å². The zero-order valence-corrected chi connectivity index (χ0v) is 20.9. The largest absolute Gasteiger partial charge is 0.355 e. The molecule has 3 aromatic carbocycles. The van der Waals surface area contributed by atoms with Crippen LogP contribution in [0.15, 0.2) is 66.7 Å². The lowest BCUT2D eigenvalue weighted by Crippen LogP contribution is -2.12. The topological polar surface area (TPSA) is 12.0 Å². The van der Waals surface area contributed by atoms with E-state index in [-0.39, 0.29) is 16.2 Å². The maximum absolute atomic E-state index is 3.67. The predicted molar refractivity (Wildman–Crippen MR) is 138 cm³/mol. The van der Waals surface area contributed by atoms with Gasteiger partial charge in [-0.3, -0.25) is 0 Å². The van der Waals surface area contributed by atoms with Crippen LogP contribution in [-0.4, -0.2) is 0 Å². The summed E-state index contributed by atoms with van der Waals surface area (Å²) >= 11 is 0. The Balaban J connectivity index is 2.02. The first kappa shape index (κ1) is 23.1. The van der Waals surface area contributed by atoms with E-state index in [2.05, 4.69) is 134 Å². The summed E-state index contributed by atoms with van der Waals surface area (Å²) in [6.07, 6.45) is 0. The van der Waals surface area contributed by atoms with Crippen molar-refractivity contribution in [3.63, 3.8) is 0 Å². The molecular weight excluding hydrogens is 374 g/mol. The molecule has 3 rings (SSSR count). The van der Waals surface area contributed by atoms with Gasteiger partial charge >= 0.3 is 0 Å². The molecule has 1 nitrogen and oxygen atoms in total. The summed E-state index contributed by atoms with van der Waals surface area (Å²) in [6.45, 7) is 20.3. The number of hydrogen-bond acceptors (Lipinski definition) is 1. The van der Waals surface area contributed by atoms with Crippen molar-refractivity contribution in [2.24, 2.45) is 0 Å². The lowest BCUT2D eigenvalue weighted by Gasteiger charge is -2.23. The molecule has 0 atom stereocenters. The van der Waals surface area contributed by atoms with Crippen LogP contribution in [0.25, 0.3) is 11.1 Å². The minimum atomic E-state index is 0.104. The van der Waals surface area contributed by atoms with E-state index in [0.29, 0.717) is 0 Å². The Morgan fingerprint density at radius 3 is 1.35 bits per heavy atom. The molecule has 0 fully saturated rings. The Labute approximate surface area is 189 Å². The van der Waals surface area contributed by atoms with Crippen molar-refractivity contribution in [3.05, 3.63) is 83.4 Å². The molecular formula is C30H39N. The first-order valence-corrected chi connectivity index (χ1v) is 11.4. The third-order valence-corrected chi connectivity index (χ3v) is 5.98. The number of benzene rings is 3. The molecule has 0 aliphatic carbocycles. The molecule has 0 bridgehead atoms. The first-order valence-electron chi connectivity index (χ1n) is 11.4. The average molecular weight is 414 g/mol. The first-order chi connectivity index (χ1) is 14.2. The van der Waals surface area contributed by atoms with Crippen molar-refractivity contribution in [3.8, 4) is 11.1 Å². The number of nitrogens with one attached hydrogen (secondary N) is 1. The summed E-state index contributed by atoms with van der Waals surface area (Å²) in [7, 11) is 0. The van der Waals surface area contributed by atoms with Gasteiger partial charge in [0.1, 0.15) is 0 Å². The van der Waals surface area contributed by atoms with Crippen LogP contribution in [0.4, 0.5) is 11.4 Å². The molecule has 0 radical (unpaired) electrons. The van der Waals surface area contributed by atoms with Gasteiger partial charge in [-0.15, -0.1) is 0 Å². The van der Waals surface area contributed by atoms with Gasteiger partial charge in [0.15, 0.2) is 0 Å². The average Bonchev–Trinajstić information content (AvgIpc) is 2.66. The van der Waals surface area contributed by atoms with E-state index in [4.69, 9.17) is 0 Å². The molecule has 1 N–H and O–H groups in total. The SMILES string of the molecule is CC(C)(C)c1ccc(Nc2ccc(C(C)(C)C)cc2-c2ccc(C(C)(C)C)cc2)cc1. The van der Waals surface area contributed by atoms with Crippen LogP contribution >= 0.6 is 0 Å². The minimum Gasteiger partial charge on any atom is -0.355 e. The molecule has 0 heterocycles. The molecule has 1 heteroatoms. The molecule has 0 aromatic heterocycles. The number of anilines is 2. The molecule has 3 aromatic rings. The molecule has 0 amide bonds.